The van der Waals surface area contributed by atoms with Gasteiger partial charge in [0.25, 0.3) is 0 Å². The second-order valence-corrected chi connectivity index (χ2v) is 3.31. The van der Waals surface area contributed by atoms with E-state index in [1.54, 1.807) is 0 Å². The van der Waals surface area contributed by atoms with Crippen LogP contribution in [0.4, 0.5) is 4.39 Å². The summed E-state index contributed by atoms with van der Waals surface area (Å²) in [4.78, 5) is 10.4. The monoisotopic (exact) mass is 232 g/mol. The minimum Gasteiger partial charge on any atom is -0.495 e. The third-order valence-corrected chi connectivity index (χ3v) is 2.37. The molecule has 0 aliphatic rings. The maximum Gasteiger partial charge on any atom is 0.303 e. The molecular formula is C10H10ClFO3. The number of carboxylic acid groups (broad SMARTS) is 1. The van der Waals surface area contributed by atoms with Crippen LogP contribution in [0.5, 0.6) is 5.75 Å². The van der Waals surface area contributed by atoms with Crippen LogP contribution < -0.4 is 4.74 Å². The minimum atomic E-state index is -0.992. The van der Waals surface area contributed by atoms with E-state index in [0.29, 0.717) is 5.75 Å². The van der Waals surface area contributed by atoms with E-state index in [-0.39, 0.29) is 23.4 Å². The predicted octanol–water partition coefficient (Wildman–Crippen LogP) is 2.50. The summed E-state index contributed by atoms with van der Waals surface area (Å²) in [5.74, 6) is -1.16. The Labute approximate surface area is 91.4 Å². The van der Waals surface area contributed by atoms with Crippen molar-refractivity contribution >= 4 is 17.6 Å². The highest BCUT2D eigenvalue weighted by atomic mass is 35.5. The summed E-state index contributed by atoms with van der Waals surface area (Å²) in [6, 6.07) is 2.61. The highest BCUT2D eigenvalue weighted by Gasteiger charge is 2.13. The Bertz CT molecular complexity index is 379. The summed E-state index contributed by atoms with van der Waals surface area (Å²) in [6.07, 6.45) is -0.110. The second-order valence-electron chi connectivity index (χ2n) is 2.94. The normalized spacial score (nSPS) is 10.1. The van der Waals surface area contributed by atoms with Crippen LogP contribution in [0.15, 0.2) is 12.1 Å². The summed E-state index contributed by atoms with van der Waals surface area (Å²) >= 11 is 5.84. The molecule has 0 aliphatic heterocycles. The molecule has 0 saturated heterocycles. The van der Waals surface area contributed by atoms with Gasteiger partial charge in [-0.1, -0.05) is 11.6 Å². The summed E-state index contributed by atoms with van der Waals surface area (Å²) in [6.45, 7) is 0. The lowest BCUT2D eigenvalue weighted by molar-refractivity contribution is -0.136. The van der Waals surface area contributed by atoms with Gasteiger partial charge in [-0.15, -0.1) is 0 Å². The first-order valence-electron chi connectivity index (χ1n) is 4.29. The van der Waals surface area contributed by atoms with E-state index >= 15 is 0 Å². The molecule has 1 aromatic carbocycles. The second kappa shape index (κ2) is 4.98. The van der Waals surface area contributed by atoms with Gasteiger partial charge in [0, 0.05) is 12.0 Å². The van der Waals surface area contributed by atoms with Gasteiger partial charge < -0.3 is 9.84 Å². The molecule has 0 atom stereocenters. The lowest BCUT2D eigenvalue weighted by Gasteiger charge is -2.08. The fourth-order valence-electron chi connectivity index (χ4n) is 1.19. The third-order valence-electron chi connectivity index (χ3n) is 1.96. The number of halogens is 2. The SMILES string of the molecule is COc1ccc(F)c(CCC(=O)O)c1Cl. The van der Waals surface area contributed by atoms with Gasteiger partial charge in [-0.05, 0) is 18.6 Å². The van der Waals surface area contributed by atoms with Crippen molar-refractivity contribution in [1.82, 2.24) is 0 Å². The molecule has 0 bridgehead atoms. The van der Waals surface area contributed by atoms with Crippen molar-refractivity contribution in [3.05, 3.63) is 28.5 Å². The average Bonchev–Trinajstić information content (AvgIpc) is 2.17. The maximum atomic E-state index is 13.3. The summed E-state index contributed by atoms with van der Waals surface area (Å²) in [5.41, 5.74) is 0.179. The number of hydrogen-bond donors (Lipinski definition) is 1. The van der Waals surface area contributed by atoms with E-state index in [2.05, 4.69) is 0 Å². The van der Waals surface area contributed by atoms with Crippen LogP contribution in [-0.4, -0.2) is 18.2 Å². The van der Waals surface area contributed by atoms with Crippen LogP contribution in [-0.2, 0) is 11.2 Å². The number of benzene rings is 1. The number of methoxy groups -OCH3 is 1. The topological polar surface area (TPSA) is 46.5 Å². The summed E-state index contributed by atoms with van der Waals surface area (Å²) < 4.78 is 18.2. The van der Waals surface area contributed by atoms with Crippen molar-refractivity contribution in [2.75, 3.05) is 7.11 Å². The molecule has 0 fully saturated rings. The Morgan fingerprint density at radius 3 is 2.80 bits per heavy atom. The third kappa shape index (κ3) is 2.83. The molecule has 15 heavy (non-hydrogen) atoms. The predicted molar refractivity (Wildman–Crippen MR) is 53.9 cm³/mol. The molecule has 82 valence electrons. The zero-order valence-electron chi connectivity index (χ0n) is 8.09. The Morgan fingerprint density at radius 2 is 2.27 bits per heavy atom. The lowest BCUT2D eigenvalue weighted by atomic mass is 10.1. The molecule has 1 aromatic rings. The van der Waals surface area contributed by atoms with Gasteiger partial charge in [0.2, 0.25) is 0 Å². The van der Waals surface area contributed by atoms with Gasteiger partial charge in [0.05, 0.1) is 12.1 Å². The quantitative estimate of drug-likeness (QED) is 0.868. The smallest absolute Gasteiger partial charge is 0.303 e. The van der Waals surface area contributed by atoms with Crippen molar-refractivity contribution in [1.29, 1.82) is 0 Å². The number of rotatable bonds is 4. The van der Waals surface area contributed by atoms with E-state index < -0.39 is 11.8 Å². The number of carboxylic acids is 1. The number of ether oxygens (including phenoxy) is 1. The molecule has 1 N–H and O–H groups in total. The van der Waals surface area contributed by atoms with E-state index in [9.17, 15) is 9.18 Å². The van der Waals surface area contributed by atoms with Crippen LogP contribution in [0.25, 0.3) is 0 Å². The maximum absolute atomic E-state index is 13.3. The molecule has 0 heterocycles. The van der Waals surface area contributed by atoms with E-state index in [4.69, 9.17) is 21.4 Å². The molecule has 5 heteroatoms. The summed E-state index contributed by atoms with van der Waals surface area (Å²) in [5, 5.41) is 8.62. The zero-order chi connectivity index (χ0) is 11.4. The van der Waals surface area contributed by atoms with Crippen molar-refractivity contribution in [2.45, 2.75) is 12.8 Å². The fourth-order valence-corrected chi connectivity index (χ4v) is 1.52. The molecule has 0 aliphatic carbocycles. The molecule has 0 amide bonds. The molecule has 0 spiro atoms. The van der Waals surface area contributed by atoms with Gasteiger partial charge in [-0.2, -0.15) is 0 Å². The van der Waals surface area contributed by atoms with Gasteiger partial charge >= 0.3 is 5.97 Å². The van der Waals surface area contributed by atoms with Crippen molar-refractivity contribution in [3.63, 3.8) is 0 Å². The van der Waals surface area contributed by atoms with Crippen LogP contribution in [0.1, 0.15) is 12.0 Å². The molecule has 0 saturated carbocycles. The molecule has 1 rings (SSSR count). The lowest BCUT2D eigenvalue weighted by Crippen LogP contribution is -2.01. The van der Waals surface area contributed by atoms with Gasteiger partial charge in [0.15, 0.2) is 0 Å². The van der Waals surface area contributed by atoms with Crippen LogP contribution in [0.3, 0.4) is 0 Å². The van der Waals surface area contributed by atoms with Crippen LogP contribution >= 0.6 is 11.6 Å². The van der Waals surface area contributed by atoms with Gasteiger partial charge in [-0.3, -0.25) is 4.79 Å². The zero-order valence-corrected chi connectivity index (χ0v) is 8.84. The van der Waals surface area contributed by atoms with Crippen molar-refractivity contribution < 1.29 is 19.0 Å². The average molecular weight is 233 g/mol. The highest BCUT2D eigenvalue weighted by molar-refractivity contribution is 6.32. The van der Waals surface area contributed by atoms with E-state index in [1.807, 2.05) is 0 Å². The minimum absolute atomic E-state index is 0.0528. The number of aliphatic carboxylic acids is 1. The van der Waals surface area contributed by atoms with Crippen LogP contribution in [0.2, 0.25) is 5.02 Å². The van der Waals surface area contributed by atoms with Gasteiger partial charge in [-0.25, -0.2) is 4.39 Å². The molecule has 0 unspecified atom stereocenters. The Morgan fingerprint density at radius 1 is 1.60 bits per heavy atom. The van der Waals surface area contributed by atoms with E-state index in [1.165, 1.54) is 19.2 Å². The van der Waals surface area contributed by atoms with Gasteiger partial charge in [0.1, 0.15) is 11.6 Å². The standard InChI is InChI=1S/C10H10ClFO3/c1-15-8-4-3-7(12)6(10(8)11)2-5-9(13)14/h3-4H,2,5H2,1H3,(H,13,14). The number of hydrogen-bond acceptors (Lipinski definition) is 2. The van der Waals surface area contributed by atoms with E-state index in [0.717, 1.165) is 0 Å². The number of carbonyl (C=O) groups is 1. The Balaban J connectivity index is 2.98. The van der Waals surface area contributed by atoms with Crippen molar-refractivity contribution in [3.8, 4) is 5.75 Å². The first kappa shape index (κ1) is 11.8. The highest BCUT2D eigenvalue weighted by Crippen LogP contribution is 2.30. The molecular weight excluding hydrogens is 223 g/mol. The first-order chi connectivity index (χ1) is 7.06. The first-order valence-corrected chi connectivity index (χ1v) is 4.66. The molecule has 0 aromatic heterocycles. The summed E-state index contributed by atoms with van der Waals surface area (Å²) in [7, 11) is 1.42. The molecule has 3 nitrogen and oxygen atoms in total. The largest absolute Gasteiger partial charge is 0.495 e. The fraction of sp³-hybridized carbons (Fsp3) is 0.300. The van der Waals surface area contributed by atoms with Crippen molar-refractivity contribution in [2.24, 2.45) is 0 Å². The van der Waals surface area contributed by atoms with Crippen LogP contribution in [0, 0.1) is 5.82 Å². The molecule has 0 radical (unpaired) electrons. The Kier molecular flexibility index (Phi) is 3.91. The Hall–Kier alpha value is -1.29.